The highest BCUT2D eigenvalue weighted by atomic mass is 32.1. The van der Waals surface area contributed by atoms with Crippen molar-refractivity contribution in [2.24, 2.45) is 5.41 Å². The number of aromatic nitrogens is 1. The van der Waals surface area contributed by atoms with E-state index in [-0.39, 0.29) is 11.3 Å². The molecule has 0 bridgehead atoms. The van der Waals surface area contributed by atoms with Gasteiger partial charge in [0.15, 0.2) is 0 Å². The van der Waals surface area contributed by atoms with Crippen LogP contribution in [-0.4, -0.2) is 10.9 Å². The van der Waals surface area contributed by atoms with E-state index in [4.69, 9.17) is 0 Å². The second kappa shape index (κ2) is 4.55. The Balaban J connectivity index is 2.29. The molecule has 0 fully saturated rings. The maximum Gasteiger partial charge on any atom is 0.220 e. The Kier molecular flexibility index (Phi) is 3.63. The summed E-state index contributed by atoms with van der Waals surface area (Å²) in [7, 11) is 0. The highest BCUT2D eigenvalue weighted by Crippen LogP contribution is 2.17. The molecule has 0 aliphatic rings. The summed E-state index contributed by atoms with van der Waals surface area (Å²) < 4.78 is 0. The van der Waals surface area contributed by atoms with Gasteiger partial charge in [0.2, 0.25) is 5.91 Å². The van der Waals surface area contributed by atoms with E-state index in [0.717, 1.165) is 5.69 Å². The van der Waals surface area contributed by atoms with Gasteiger partial charge in [-0.3, -0.25) is 4.79 Å². The Morgan fingerprint density at radius 3 is 2.79 bits per heavy atom. The first-order valence-electron chi connectivity index (χ1n) is 4.61. The third-order valence-corrected chi connectivity index (χ3v) is 2.28. The van der Waals surface area contributed by atoms with Gasteiger partial charge in [-0.15, -0.1) is 11.3 Å². The van der Waals surface area contributed by atoms with Crippen LogP contribution in [0.2, 0.25) is 0 Å². The van der Waals surface area contributed by atoms with Crippen LogP contribution in [0, 0.1) is 5.41 Å². The van der Waals surface area contributed by atoms with Crippen LogP contribution in [0.5, 0.6) is 0 Å². The minimum absolute atomic E-state index is 0.0478. The topological polar surface area (TPSA) is 42.0 Å². The maximum atomic E-state index is 11.4. The van der Waals surface area contributed by atoms with Crippen molar-refractivity contribution in [3.8, 4) is 0 Å². The third kappa shape index (κ3) is 4.37. The van der Waals surface area contributed by atoms with Gasteiger partial charge < -0.3 is 5.32 Å². The molecule has 3 nitrogen and oxygen atoms in total. The monoisotopic (exact) mass is 212 g/mol. The van der Waals surface area contributed by atoms with Crippen LogP contribution in [0.3, 0.4) is 0 Å². The molecule has 0 saturated heterocycles. The summed E-state index contributed by atoms with van der Waals surface area (Å²) in [6.45, 7) is 6.69. The molecular formula is C10H16N2OS. The molecule has 1 aromatic heterocycles. The van der Waals surface area contributed by atoms with Crippen LogP contribution < -0.4 is 5.32 Å². The van der Waals surface area contributed by atoms with E-state index in [1.54, 1.807) is 16.8 Å². The summed E-state index contributed by atoms with van der Waals surface area (Å²) in [6.07, 6.45) is 0.553. The quantitative estimate of drug-likeness (QED) is 0.834. The molecule has 4 heteroatoms. The number of thiazole rings is 1. The Morgan fingerprint density at radius 1 is 1.57 bits per heavy atom. The van der Waals surface area contributed by atoms with E-state index in [1.165, 1.54) is 0 Å². The number of amides is 1. The molecule has 0 aliphatic heterocycles. The molecular weight excluding hydrogens is 196 g/mol. The van der Waals surface area contributed by atoms with Gasteiger partial charge in [0, 0.05) is 11.8 Å². The largest absolute Gasteiger partial charge is 0.350 e. The molecule has 0 spiro atoms. The van der Waals surface area contributed by atoms with Crippen molar-refractivity contribution in [2.75, 3.05) is 0 Å². The molecule has 0 unspecified atom stereocenters. The van der Waals surface area contributed by atoms with Crippen LogP contribution in [0.15, 0.2) is 10.9 Å². The smallest absolute Gasteiger partial charge is 0.220 e. The fourth-order valence-electron chi connectivity index (χ4n) is 1.06. The lowest BCUT2D eigenvalue weighted by molar-refractivity contribution is -0.122. The van der Waals surface area contributed by atoms with E-state index in [0.29, 0.717) is 13.0 Å². The molecule has 1 heterocycles. The van der Waals surface area contributed by atoms with Crippen LogP contribution >= 0.6 is 11.3 Å². The fraction of sp³-hybridized carbons (Fsp3) is 0.600. The van der Waals surface area contributed by atoms with Crippen LogP contribution in [0.25, 0.3) is 0 Å². The molecule has 1 amide bonds. The van der Waals surface area contributed by atoms with Crippen molar-refractivity contribution in [1.29, 1.82) is 0 Å². The molecule has 1 rings (SSSR count). The second-order valence-electron chi connectivity index (χ2n) is 4.49. The van der Waals surface area contributed by atoms with Gasteiger partial charge in [-0.25, -0.2) is 4.98 Å². The average Bonchev–Trinajstić information content (AvgIpc) is 2.49. The first-order chi connectivity index (χ1) is 6.47. The summed E-state index contributed by atoms with van der Waals surface area (Å²) in [6, 6.07) is 0. The molecule has 14 heavy (non-hydrogen) atoms. The molecule has 0 aromatic carbocycles. The minimum Gasteiger partial charge on any atom is -0.350 e. The van der Waals surface area contributed by atoms with E-state index in [1.807, 2.05) is 5.38 Å². The average molecular weight is 212 g/mol. The Bertz CT molecular complexity index is 288. The highest BCUT2D eigenvalue weighted by molar-refractivity contribution is 7.07. The minimum atomic E-state index is 0.0478. The van der Waals surface area contributed by atoms with Gasteiger partial charge in [-0.2, -0.15) is 0 Å². The molecule has 78 valence electrons. The van der Waals surface area contributed by atoms with Gasteiger partial charge in [-0.1, -0.05) is 20.8 Å². The SMILES string of the molecule is CC(C)(C)CC(=O)NCc1cscn1. The van der Waals surface area contributed by atoms with Crippen molar-refractivity contribution in [3.63, 3.8) is 0 Å². The van der Waals surface area contributed by atoms with Gasteiger partial charge in [0.1, 0.15) is 0 Å². The predicted octanol–water partition coefficient (Wildman–Crippen LogP) is 2.20. The van der Waals surface area contributed by atoms with Crippen molar-refractivity contribution < 1.29 is 4.79 Å². The molecule has 1 N–H and O–H groups in total. The fourth-order valence-corrected chi connectivity index (χ4v) is 1.62. The molecule has 0 saturated carbocycles. The first-order valence-corrected chi connectivity index (χ1v) is 5.55. The summed E-state index contributed by atoms with van der Waals surface area (Å²) in [5.74, 6) is 0.0884. The summed E-state index contributed by atoms with van der Waals surface area (Å²) in [5, 5.41) is 4.79. The summed E-state index contributed by atoms with van der Waals surface area (Å²) >= 11 is 1.54. The van der Waals surface area contributed by atoms with Crippen molar-refractivity contribution in [3.05, 3.63) is 16.6 Å². The Morgan fingerprint density at radius 2 is 2.29 bits per heavy atom. The lowest BCUT2D eigenvalue weighted by atomic mass is 9.92. The lowest BCUT2D eigenvalue weighted by Gasteiger charge is -2.16. The maximum absolute atomic E-state index is 11.4. The molecule has 0 atom stereocenters. The highest BCUT2D eigenvalue weighted by Gasteiger charge is 2.15. The lowest BCUT2D eigenvalue weighted by Crippen LogP contribution is -2.27. The third-order valence-electron chi connectivity index (χ3n) is 1.64. The zero-order valence-corrected chi connectivity index (χ0v) is 9.65. The van der Waals surface area contributed by atoms with Crippen molar-refractivity contribution in [1.82, 2.24) is 10.3 Å². The summed E-state index contributed by atoms with van der Waals surface area (Å²) in [5.41, 5.74) is 2.74. The van der Waals surface area contributed by atoms with Crippen molar-refractivity contribution in [2.45, 2.75) is 33.7 Å². The van der Waals surface area contributed by atoms with Gasteiger partial charge in [0.05, 0.1) is 17.7 Å². The number of hydrogen-bond donors (Lipinski definition) is 1. The van der Waals surface area contributed by atoms with E-state index < -0.39 is 0 Å². The first kappa shape index (κ1) is 11.2. The van der Waals surface area contributed by atoms with E-state index >= 15 is 0 Å². The predicted molar refractivity (Wildman–Crippen MR) is 58.0 cm³/mol. The Hall–Kier alpha value is -0.900. The second-order valence-corrected chi connectivity index (χ2v) is 5.21. The van der Waals surface area contributed by atoms with E-state index in [2.05, 4.69) is 31.1 Å². The van der Waals surface area contributed by atoms with Gasteiger partial charge in [-0.05, 0) is 5.41 Å². The number of rotatable bonds is 3. The molecule has 0 radical (unpaired) electrons. The molecule has 0 aliphatic carbocycles. The van der Waals surface area contributed by atoms with Gasteiger partial charge >= 0.3 is 0 Å². The number of carbonyl (C=O) groups is 1. The van der Waals surface area contributed by atoms with Crippen LogP contribution in [-0.2, 0) is 11.3 Å². The van der Waals surface area contributed by atoms with Crippen LogP contribution in [0.4, 0.5) is 0 Å². The van der Waals surface area contributed by atoms with E-state index in [9.17, 15) is 4.79 Å². The normalized spacial score (nSPS) is 11.4. The zero-order chi connectivity index (χ0) is 10.6. The number of nitrogens with zero attached hydrogens (tertiary/aromatic N) is 1. The number of nitrogens with one attached hydrogen (secondary N) is 1. The number of carbonyl (C=O) groups excluding carboxylic acids is 1. The van der Waals surface area contributed by atoms with Crippen molar-refractivity contribution >= 4 is 17.2 Å². The number of hydrogen-bond acceptors (Lipinski definition) is 3. The summed E-state index contributed by atoms with van der Waals surface area (Å²) in [4.78, 5) is 15.5. The Labute approximate surface area is 88.6 Å². The zero-order valence-electron chi connectivity index (χ0n) is 8.83. The standard InChI is InChI=1S/C10H16N2OS/c1-10(2,3)4-9(13)11-5-8-6-14-7-12-8/h6-7H,4-5H2,1-3H3,(H,11,13). The molecule has 1 aromatic rings. The van der Waals surface area contributed by atoms with Gasteiger partial charge in [0.25, 0.3) is 0 Å². The van der Waals surface area contributed by atoms with Crippen LogP contribution in [0.1, 0.15) is 32.9 Å².